The summed E-state index contributed by atoms with van der Waals surface area (Å²) in [5, 5.41) is 0. The first-order chi connectivity index (χ1) is 12.1. The lowest BCUT2D eigenvalue weighted by Gasteiger charge is -2.22. The van der Waals surface area contributed by atoms with Crippen LogP contribution >= 0.6 is 0 Å². The van der Waals surface area contributed by atoms with Crippen molar-refractivity contribution in [3.05, 3.63) is 96.6 Å². The van der Waals surface area contributed by atoms with Crippen molar-refractivity contribution in [3.63, 3.8) is 0 Å². The smallest absolute Gasteiger partial charge is 0.0447 e. The molecule has 0 amide bonds. The standard InChI is InChI=1S/C23H22N2/c1-23(2,21-13-19(15-24-21)17-9-5-3-6-10-17)22-14-20(16-25-22)18-11-7-4-8-12-18/h3-16,24-25H,1-2H3. The predicted molar refractivity (Wildman–Crippen MR) is 105 cm³/mol. The molecule has 0 fully saturated rings. The number of hydrogen-bond donors (Lipinski definition) is 2. The van der Waals surface area contributed by atoms with E-state index in [-0.39, 0.29) is 5.41 Å². The summed E-state index contributed by atoms with van der Waals surface area (Å²) in [7, 11) is 0. The molecule has 0 aliphatic heterocycles. The molecule has 0 unspecified atom stereocenters. The molecular weight excluding hydrogens is 304 g/mol. The Morgan fingerprint density at radius 1 is 0.560 bits per heavy atom. The fourth-order valence-corrected chi connectivity index (χ4v) is 3.25. The normalized spacial score (nSPS) is 11.6. The van der Waals surface area contributed by atoms with Crippen LogP contribution in [0, 0.1) is 0 Å². The zero-order valence-corrected chi connectivity index (χ0v) is 14.6. The van der Waals surface area contributed by atoms with Gasteiger partial charge in [-0.25, -0.2) is 0 Å². The quantitative estimate of drug-likeness (QED) is 0.461. The fourth-order valence-electron chi connectivity index (χ4n) is 3.25. The van der Waals surface area contributed by atoms with Crippen LogP contribution in [-0.2, 0) is 5.41 Å². The summed E-state index contributed by atoms with van der Waals surface area (Å²) in [6.07, 6.45) is 4.18. The third-order valence-electron chi connectivity index (χ3n) is 4.93. The number of rotatable bonds is 4. The van der Waals surface area contributed by atoms with Crippen LogP contribution < -0.4 is 0 Å². The maximum absolute atomic E-state index is 3.47. The number of H-pyrrole nitrogens is 2. The molecule has 2 nitrogen and oxygen atoms in total. The Morgan fingerprint density at radius 2 is 0.960 bits per heavy atom. The summed E-state index contributed by atoms with van der Waals surface area (Å²) in [6.45, 7) is 4.49. The van der Waals surface area contributed by atoms with Crippen molar-refractivity contribution in [2.75, 3.05) is 0 Å². The van der Waals surface area contributed by atoms with E-state index >= 15 is 0 Å². The molecule has 0 saturated heterocycles. The largest absolute Gasteiger partial charge is 0.364 e. The van der Waals surface area contributed by atoms with E-state index in [0.29, 0.717) is 0 Å². The van der Waals surface area contributed by atoms with E-state index in [1.54, 1.807) is 0 Å². The molecule has 0 aliphatic rings. The van der Waals surface area contributed by atoms with Gasteiger partial charge >= 0.3 is 0 Å². The third kappa shape index (κ3) is 2.91. The molecular formula is C23H22N2. The molecule has 4 rings (SSSR count). The Bertz CT molecular complexity index is 880. The van der Waals surface area contributed by atoms with E-state index < -0.39 is 0 Å². The predicted octanol–water partition coefficient (Wildman–Crippen LogP) is 6.00. The number of hydrogen-bond acceptors (Lipinski definition) is 0. The SMILES string of the molecule is CC(C)(c1cc(-c2ccccc2)c[nH]1)c1cc(-c2ccccc2)c[nH]1. The highest BCUT2D eigenvalue weighted by Crippen LogP contribution is 2.34. The van der Waals surface area contributed by atoms with Crippen molar-refractivity contribution >= 4 is 0 Å². The highest BCUT2D eigenvalue weighted by atomic mass is 14.8. The first-order valence-electron chi connectivity index (χ1n) is 8.63. The summed E-state index contributed by atoms with van der Waals surface area (Å²) in [5.74, 6) is 0. The van der Waals surface area contributed by atoms with Gasteiger partial charge in [0.15, 0.2) is 0 Å². The van der Waals surface area contributed by atoms with Gasteiger partial charge in [-0.3, -0.25) is 0 Å². The van der Waals surface area contributed by atoms with Gasteiger partial charge in [0, 0.05) is 29.2 Å². The van der Waals surface area contributed by atoms with Crippen molar-refractivity contribution in [3.8, 4) is 22.3 Å². The monoisotopic (exact) mass is 326 g/mol. The van der Waals surface area contributed by atoms with Crippen LogP contribution in [0.2, 0.25) is 0 Å². The van der Waals surface area contributed by atoms with Gasteiger partial charge < -0.3 is 9.97 Å². The van der Waals surface area contributed by atoms with E-state index in [1.165, 1.54) is 33.6 Å². The Labute approximate surface area is 148 Å². The highest BCUT2D eigenvalue weighted by molar-refractivity contribution is 5.66. The van der Waals surface area contributed by atoms with Gasteiger partial charge in [-0.2, -0.15) is 0 Å². The molecule has 0 spiro atoms. The van der Waals surface area contributed by atoms with Crippen LogP contribution in [-0.4, -0.2) is 9.97 Å². The number of aromatic nitrogens is 2. The molecule has 25 heavy (non-hydrogen) atoms. The van der Waals surface area contributed by atoms with E-state index in [1.807, 2.05) is 12.1 Å². The molecule has 0 bridgehead atoms. The van der Waals surface area contributed by atoms with Gasteiger partial charge in [0.2, 0.25) is 0 Å². The van der Waals surface area contributed by atoms with E-state index in [0.717, 1.165) is 0 Å². The minimum absolute atomic E-state index is 0.125. The molecule has 0 atom stereocenters. The molecule has 2 aromatic carbocycles. The second-order valence-electron chi connectivity index (χ2n) is 6.96. The van der Waals surface area contributed by atoms with Gasteiger partial charge in [-0.1, -0.05) is 60.7 Å². The molecule has 2 heteroatoms. The number of aromatic amines is 2. The minimum atomic E-state index is -0.125. The fraction of sp³-hybridized carbons (Fsp3) is 0.130. The molecule has 2 N–H and O–H groups in total. The third-order valence-corrected chi connectivity index (χ3v) is 4.93. The lowest BCUT2D eigenvalue weighted by Crippen LogP contribution is -2.19. The summed E-state index contributed by atoms with van der Waals surface area (Å²) in [6, 6.07) is 25.4. The van der Waals surface area contributed by atoms with Crippen molar-refractivity contribution in [2.24, 2.45) is 0 Å². The van der Waals surface area contributed by atoms with E-state index in [9.17, 15) is 0 Å². The zero-order chi connectivity index (χ0) is 17.3. The summed E-state index contributed by atoms with van der Waals surface area (Å²) >= 11 is 0. The molecule has 0 saturated carbocycles. The van der Waals surface area contributed by atoms with Crippen LogP contribution in [0.25, 0.3) is 22.3 Å². The van der Waals surface area contributed by atoms with Gasteiger partial charge in [0.25, 0.3) is 0 Å². The van der Waals surface area contributed by atoms with Gasteiger partial charge in [0.05, 0.1) is 0 Å². The van der Waals surface area contributed by atoms with Gasteiger partial charge in [-0.05, 0) is 48.2 Å². The van der Waals surface area contributed by atoms with Gasteiger partial charge in [0.1, 0.15) is 0 Å². The molecule has 0 aliphatic carbocycles. The van der Waals surface area contributed by atoms with Crippen LogP contribution in [0.3, 0.4) is 0 Å². The summed E-state index contributed by atoms with van der Waals surface area (Å²) < 4.78 is 0. The molecule has 4 aromatic rings. The first-order valence-corrected chi connectivity index (χ1v) is 8.63. The van der Waals surface area contributed by atoms with Crippen LogP contribution in [0.15, 0.2) is 85.2 Å². The number of benzene rings is 2. The van der Waals surface area contributed by atoms with Crippen molar-refractivity contribution in [2.45, 2.75) is 19.3 Å². The maximum Gasteiger partial charge on any atom is 0.0447 e. The lowest BCUT2D eigenvalue weighted by atomic mass is 9.85. The van der Waals surface area contributed by atoms with Crippen LogP contribution in [0.1, 0.15) is 25.2 Å². The molecule has 124 valence electrons. The summed E-state index contributed by atoms with van der Waals surface area (Å²) in [5.41, 5.74) is 7.19. The Morgan fingerprint density at radius 3 is 1.36 bits per heavy atom. The average Bonchev–Trinajstić information content (AvgIpc) is 3.34. The lowest BCUT2D eigenvalue weighted by molar-refractivity contribution is 0.603. The first kappa shape index (κ1) is 15.5. The van der Waals surface area contributed by atoms with Crippen molar-refractivity contribution in [1.82, 2.24) is 9.97 Å². The molecule has 2 aromatic heterocycles. The average molecular weight is 326 g/mol. The summed E-state index contributed by atoms with van der Waals surface area (Å²) in [4.78, 5) is 6.94. The Hall–Kier alpha value is -3.00. The Kier molecular flexibility index (Phi) is 3.81. The van der Waals surface area contributed by atoms with Gasteiger partial charge in [-0.15, -0.1) is 0 Å². The second kappa shape index (κ2) is 6.14. The van der Waals surface area contributed by atoms with Crippen LogP contribution in [0.5, 0.6) is 0 Å². The maximum atomic E-state index is 3.47. The molecule has 0 radical (unpaired) electrons. The molecule has 2 heterocycles. The zero-order valence-electron chi connectivity index (χ0n) is 14.6. The Balaban J connectivity index is 1.66. The van der Waals surface area contributed by atoms with E-state index in [2.05, 4.69) is 96.9 Å². The highest BCUT2D eigenvalue weighted by Gasteiger charge is 2.26. The van der Waals surface area contributed by atoms with E-state index in [4.69, 9.17) is 0 Å². The van der Waals surface area contributed by atoms with Crippen molar-refractivity contribution < 1.29 is 0 Å². The minimum Gasteiger partial charge on any atom is -0.364 e. The van der Waals surface area contributed by atoms with Crippen LogP contribution in [0.4, 0.5) is 0 Å². The topological polar surface area (TPSA) is 31.6 Å². The van der Waals surface area contributed by atoms with Crippen molar-refractivity contribution in [1.29, 1.82) is 0 Å². The number of nitrogens with one attached hydrogen (secondary N) is 2. The second-order valence-corrected chi connectivity index (χ2v) is 6.96.